The molecule has 2 N–H and O–H groups in total. The first kappa shape index (κ1) is 12.9. The minimum atomic E-state index is -0.464. The fraction of sp³-hybridized carbons (Fsp3) is 0.133. The van der Waals surface area contributed by atoms with Crippen molar-refractivity contribution < 1.29 is 9.13 Å². The van der Waals surface area contributed by atoms with Crippen LogP contribution in [0.5, 0.6) is 11.5 Å². The lowest BCUT2D eigenvalue weighted by Crippen LogP contribution is -1.95. The van der Waals surface area contributed by atoms with Crippen LogP contribution in [0.1, 0.15) is 16.7 Å². The van der Waals surface area contributed by atoms with Gasteiger partial charge in [0.15, 0.2) is 0 Å². The normalized spacial score (nSPS) is 10.0. The molecular weight excluding hydrogens is 243 g/mol. The van der Waals surface area contributed by atoms with Crippen molar-refractivity contribution in [3.05, 3.63) is 52.8 Å². The summed E-state index contributed by atoms with van der Waals surface area (Å²) in [6, 6.07) is 9.37. The maximum absolute atomic E-state index is 13.0. The number of aryl methyl sites for hydroxylation is 2. The molecule has 2 rings (SSSR count). The monoisotopic (exact) mass is 256 g/mol. The van der Waals surface area contributed by atoms with Crippen LogP contribution in [0.25, 0.3) is 0 Å². The van der Waals surface area contributed by atoms with E-state index in [1.54, 1.807) is 12.1 Å². The average Bonchev–Trinajstić information content (AvgIpc) is 2.37. The van der Waals surface area contributed by atoms with Gasteiger partial charge in [-0.1, -0.05) is 0 Å². The molecule has 19 heavy (non-hydrogen) atoms. The molecule has 0 amide bonds. The van der Waals surface area contributed by atoms with Gasteiger partial charge in [-0.15, -0.1) is 0 Å². The Morgan fingerprint density at radius 1 is 1.11 bits per heavy atom. The molecule has 0 aliphatic rings. The number of ether oxygens (including phenoxy) is 1. The maximum atomic E-state index is 13.0. The summed E-state index contributed by atoms with van der Waals surface area (Å²) in [5, 5.41) is 8.97. The highest BCUT2D eigenvalue weighted by Crippen LogP contribution is 2.30. The van der Waals surface area contributed by atoms with E-state index in [9.17, 15) is 4.39 Å². The number of anilines is 1. The summed E-state index contributed by atoms with van der Waals surface area (Å²) in [7, 11) is 0. The van der Waals surface area contributed by atoms with Crippen LogP contribution in [0.4, 0.5) is 10.1 Å². The largest absolute Gasteiger partial charge is 0.456 e. The van der Waals surface area contributed by atoms with Gasteiger partial charge in [-0.3, -0.25) is 0 Å². The van der Waals surface area contributed by atoms with Gasteiger partial charge in [0.1, 0.15) is 23.4 Å². The Morgan fingerprint density at radius 2 is 1.84 bits per heavy atom. The third kappa shape index (κ3) is 2.66. The quantitative estimate of drug-likeness (QED) is 0.833. The molecule has 0 bridgehead atoms. The number of hydrogen-bond acceptors (Lipinski definition) is 3. The molecule has 0 spiro atoms. The van der Waals surface area contributed by atoms with Crippen LogP contribution >= 0.6 is 0 Å². The van der Waals surface area contributed by atoms with Crippen molar-refractivity contribution >= 4 is 5.69 Å². The van der Waals surface area contributed by atoms with Gasteiger partial charge in [0.25, 0.3) is 0 Å². The van der Waals surface area contributed by atoms with Crippen LogP contribution in [0.2, 0.25) is 0 Å². The number of rotatable bonds is 2. The molecular formula is C15H13FN2O. The van der Waals surface area contributed by atoms with Gasteiger partial charge >= 0.3 is 0 Å². The molecule has 0 saturated heterocycles. The van der Waals surface area contributed by atoms with Crippen molar-refractivity contribution in [1.82, 2.24) is 0 Å². The van der Waals surface area contributed by atoms with E-state index in [2.05, 4.69) is 0 Å². The minimum absolute atomic E-state index is 0.161. The van der Waals surface area contributed by atoms with E-state index in [0.717, 1.165) is 17.2 Å². The molecule has 0 aliphatic heterocycles. The van der Waals surface area contributed by atoms with E-state index in [0.29, 0.717) is 17.2 Å². The molecule has 3 nitrogen and oxygen atoms in total. The molecule has 2 aromatic carbocycles. The van der Waals surface area contributed by atoms with Crippen LogP contribution in [0.3, 0.4) is 0 Å². The first-order valence-corrected chi connectivity index (χ1v) is 5.75. The van der Waals surface area contributed by atoms with Crippen molar-refractivity contribution in [2.45, 2.75) is 13.8 Å². The Balaban J connectivity index is 2.42. The Bertz CT molecular complexity index is 675. The fourth-order valence-corrected chi connectivity index (χ4v) is 1.72. The third-order valence-corrected chi connectivity index (χ3v) is 2.85. The van der Waals surface area contributed by atoms with Crippen LogP contribution in [-0.2, 0) is 0 Å². The SMILES string of the molecule is Cc1cc(Oc2ccc(F)cc2C#N)c(C)cc1N. The lowest BCUT2D eigenvalue weighted by atomic mass is 10.1. The average molecular weight is 256 g/mol. The molecule has 0 unspecified atom stereocenters. The van der Waals surface area contributed by atoms with E-state index in [4.69, 9.17) is 15.7 Å². The zero-order chi connectivity index (χ0) is 14.0. The molecule has 0 aromatic heterocycles. The predicted molar refractivity (Wildman–Crippen MR) is 71.5 cm³/mol. The summed E-state index contributed by atoms with van der Waals surface area (Å²) in [5.41, 5.74) is 8.39. The minimum Gasteiger partial charge on any atom is -0.456 e. The van der Waals surface area contributed by atoms with Crippen LogP contribution in [0.15, 0.2) is 30.3 Å². The van der Waals surface area contributed by atoms with Gasteiger partial charge in [0.2, 0.25) is 0 Å². The first-order chi connectivity index (χ1) is 9.01. The zero-order valence-corrected chi connectivity index (χ0v) is 10.7. The number of nitrogen functional groups attached to an aromatic ring is 1. The number of halogens is 1. The van der Waals surface area contributed by atoms with Gasteiger partial charge in [-0.2, -0.15) is 5.26 Å². The van der Waals surface area contributed by atoms with Crippen molar-refractivity contribution in [3.8, 4) is 17.6 Å². The zero-order valence-electron chi connectivity index (χ0n) is 10.7. The van der Waals surface area contributed by atoms with E-state index in [-0.39, 0.29) is 5.56 Å². The van der Waals surface area contributed by atoms with Gasteiger partial charge in [0, 0.05) is 5.69 Å². The van der Waals surface area contributed by atoms with Crippen LogP contribution in [-0.4, -0.2) is 0 Å². The number of benzene rings is 2. The summed E-state index contributed by atoms with van der Waals surface area (Å²) in [6.07, 6.45) is 0. The van der Waals surface area contributed by atoms with Crippen LogP contribution in [0, 0.1) is 31.0 Å². The number of nitrogens with zero attached hydrogens (tertiary/aromatic N) is 1. The molecule has 0 fully saturated rings. The summed E-state index contributed by atoms with van der Waals surface area (Å²) in [5.74, 6) is 0.472. The predicted octanol–water partition coefficient (Wildman–Crippen LogP) is 3.69. The van der Waals surface area contributed by atoms with Crippen molar-refractivity contribution in [3.63, 3.8) is 0 Å². The van der Waals surface area contributed by atoms with Crippen molar-refractivity contribution in [2.24, 2.45) is 0 Å². The van der Waals surface area contributed by atoms with Gasteiger partial charge in [0.05, 0.1) is 5.56 Å². The second kappa shape index (κ2) is 4.99. The lowest BCUT2D eigenvalue weighted by Gasteiger charge is -2.12. The molecule has 0 radical (unpaired) electrons. The smallest absolute Gasteiger partial charge is 0.145 e. The number of hydrogen-bond donors (Lipinski definition) is 1. The van der Waals surface area contributed by atoms with Gasteiger partial charge in [-0.25, -0.2) is 4.39 Å². The van der Waals surface area contributed by atoms with Gasteiger partial charge < -0.3 is 10.5 Å². The highest BCUT2D eigenvalue weighted by atomic mass is 19.1. The molecule has 96 valence electrons. The number of nitrogens with two attached hydrogens (primary N) is 1. The molecule has 4 heteroatoms. The Labute approximate surface area is 111 Å². The Hall–Kier alpha value is -2.54. The van der Waals surface area contributed by atoms with E-state index < -0.39 is 5.82 Å². The summed E-state index contributed by atoms with van der Waals surface area (Å²) >= 11 is 0. The Morgan fingerprint density at radius 3 is 2.53 bits per heavy atom. The highest BCUT2D eigenvalue weighted by molar-refractivity contribution is 5.55. The molecule has 0 aliphatic carbocycles. The maximum Gasteiger partial charge on any atom is 0.145 e. The van der Waals surface area contributed by atoms with Gasteiger partial charge in [-0.05, 0) is 55.3 Å². The highest BCUT2D eigenvalue weighted by Gasteiger charge is 2.09. The lowest BCUT2D eigenvalue weighted by molar-refractivity contribution is 0.475. The summed E-state index contributed by atoms with van der Waals surface area (Å²) < 4.78 is 18.7. The van der Waals surface area contributed by atoms with E-state index in [1.807, 2.05) is 19.9 Å². The Kier molecular flexibility index (Phi) is 3.39. The third-order valence-electron chi connectivity index (χ3n) is 2.85. The fourth-order valence-electron chi connectivity index (χ4n) is 1.72. The summed E-state index contributed by atoms with van der Waals surface area (Å²) in [4.78, 5) is 0. The van der Waals surface area contributed by atoms with Crippen LogP contribution < -0.4 is 10.5 Å². The molecule has 0 heterocycles. The van der Waals surface area contributed by atoms with E-state index >= 15 is 0 Å². The first-order valence-electron chi connectivity index (χ1n) is 5.75. The molecule has 0 atom stereocenters. The van der Waals surface area contributed by atoms with Crippen molar-refractivity contribution in [2.75, 3.05) is 5.73 Å². The van der Waals surface area contributed by atoms with E-state index in [1.165, 1.54) is 12.1 Å². The number of nitriles is 1. The topological polar surface area (TPSA) is 59.0 Å². The van der Waals surface area contributed by atoms with Crippen molar-refractivity contribution in [1.29, 1.82) is 5.26 Å². The molecule has 2 aromatic rings. The summed E-state index contributed by atoms with van der Waals surface area (Å²) in [6.45, 7) is 3.73. The second-order valence-corrected chi connectivity index (χ2v) is 4.33. The second-order valence-electron chi connectivity index (χ2n) is 4.33. The molecule has 0 saturated carbocycles. The standard InChI is InChI=1S/C15H13FN2O/c1-9-6-15(10(2)5-13(9)18)19-14-4-3-12(16)7-11(14)8-17/h3-7H,18H2,1-2H3.